The van der Waals surface area contributed by atoms with Crippen molar-refractivity contribution in [3.05, 3.63) is 64.5 Å². The summed E-state index contributed by atoms with van der Waals surface area (Å²) in [6.07, 6.45) is -2.00. The number of thiophene rings is 1. The number of carboxylic acids is 1. The van der Waals surface area contributed by atoms with E-state index in [0.717, 1.165) is 23.5 Å². The normalized spacial score (nSPS) is 17.8. The third-order valence-electron chi connectivity index (χ3n) is 6.21. The average molecular weight is 535 g/mol. The fourth-order valence-electron chi connectivity index (χ4n) is 4.17. The molecule has 196 valence electrons. The van der Waals surface area contributed by atoms with Crippen molar-refractivity contribution in [2.75, 3.05) is 13.1 Å². The fraction of sp³-hybridized carbons (Fsp3) is 0.346. The SMILES string of the molecule is O=C(NCCNC(=O)c1cc2ccc(C(F)(F)F)cc2s1)c1ccc(O[C@H]2CC[C@@H](C(=O)O)CC2)cc1. The molecule has 0 bridgehead atoms. The van der Waals surface area contributed by atoms with E-state index in [1.54, 1.807) is 24.3 Å². The summed E-state index contributed by atoms with van der Waals surface area (Å²) < 4.78 is 44.9. The number of nitrogens with one attached hydrogen (secondary N) is 2. The smallest absolute Gasteiger partial charge is 0.416 e. The van der Waals surface area contributed by atoms with E-state index in [1.807, 2.05) is 0 Å². The van der Waals surface area contributed by atoms with Crippen LogP contribution in [0.25, 0.3) is 10.1 Å². The number of benzene rings is 2. The maximum Gasteiger partial charge on any atom is 0.416 e. The van der Waals surface area contributed by atoms with Gasteiger partial charge in [-0.15, -0.1) is 11.3 Å². The van der Waals surface area contributed by atoms with E-state index in [0.29, 0.717) is 47.1 Å². The van der Waals surface area contributed by atoms with E-state index in [2.05, 4.69) is 10.6 Å². The van der Waals surface area contributed by atoms with Crippen LogP contribution in [0.15, 0.2) is 48.5 Å². The largest absolute Gasteiger partial charge is 0.490 e. The van der Waals surface area contributed by atoms with Crippen LogP contribution in [0, 0.1) is 5.92 Å². The Morgan fingerprint density at radius 2 is 1.57 bits per heavy atom. The van der Waals surface area contributed by atoms with E-state index >= 15 is 0 Å². The number of halogens is 3. The molecule has 2 aromatic carbocycles. The van der Waals surface area contributed by atoms with Gasteiger partial charge in [0.05, 0.1) is 22.5 Å². The molecule has 0 atom stereocenters. The van der Waals surface area contributed by atoms with Crippen molar-refractivity contribution in [2.24, 2.45) is 5.92 Å². The van der Waals surface area contributed by atoms with Gasteiger partial charge >= 0.3 is 12.1 Å². The summed E-state index contributed by atoms with van der Waals surface area (Å²) in [6.45, 7) is 0.311. The van der Waals surface area contributed by atoms with Crippen LogP contribution in [0.4, 0.5) is 13.2 Å². The molecule has 4 rings (SSSR count). The lowest BCUT2D eigenvalue weighted by Crippen LogP contribution is -2.34. The first-order valence-corrected chi connectivity index (χ1v) is 12.6. The van der Waals surface area contributed by atoms with Crippen LogP contribution in [0.5, 0.6) is 5.75 Å². The summed E-state index contributed by atoms with van der Waals surface area (Å²) in [5.41, 5.74) is -0.350. The molecule has 2 amide bonds. The van der Waals surface area contributed by atoms with Gasteiger partial charge in [0.1, 0.15) is 5.75 Å². The number of carboxylic acid groups (broad SMARTS) is 1. The summed E-state index contributed by atoms with van der Waals surface area (Å²) in [7, 11) is 0. The quantitative estimate of drug-likeness (QED) is 0.349. The van der Waals surface area contributed by atoms with Gasteiger partial charge in [0.25, 0.3) is 11.8 Å². The van der Waals surface area contributed by atoms with Crippen LogP contribution in [-0.4, -0.2) is 42.1 Å². The first-order chi connectivity index (χ1) is 17.6. The second kappa shape index (κ2) is 11.2. The summed E-state index contributed by atoms with van der Waals surface area (Å²) in [4.78, 5) is 36.1. The maximum absolute atomic E-state index is 12.9. The van der Waals surface area contributed by atoms with Crippen LogP contribution < -0.4 is 15.4 Å². The van der Waals surface area contributed by atoms with Gasteiger partial charge < -0.3 is 20.5 Å². The van der Waals surface area contributed by atoms with Gasteiger partial charge in [-0.2, -0.15) is 13.2 Å². The third kappa shape index (κ3) is 6.79. The topological polar surface area (TPSA) is 105 Å². The number of amides is 2. The minimum atomic E-state index is -4.45. The van der Waals surface area contributed by atoms with Gasteiger partial charge in [-0.3, -0.25) is 14.4 Å². The zero-order chi connectivity index (χ0) is 26.6. The number of alkyl halides is 3. The molecule has 0 radical (unpaired) electrons. The van der Waals surface area contributed by atoms with Gasteiger partial charge in [0, 0.05) is 23.4 Å². The Morgan fingerprint density at radius 1 is 0.919 bits per heavy atom. The predicted octanol–water partition coefficient (Wildman–Crippen LogP) is 5.10. The molecule has 1 aliphatic rings. The van der Waals surface area contributed by atoms with Crippen molar-refractivity contribution in [2.45, 2.75) is 38.0 Å². The molecule has 1 fully saturated rings. The Morgan fingerprint density at radius 3 is 2.19 bits per heavy atom. The minimum absolute atomic E-state index is 0.0495. The molecule has 0 saturated heterocycles. The van der Waals surface area contributed by atoms with Gasteiger partial charge in [-0.25, -0.2) is 0 Å². The number of aliphatic carboxylic acids is 1. The molecule has 3 aromatic rings. The van der Waals surface area contributed by atoms with Gasteiger partial charge in [-0.1, -0.05) is 6.07 Å². The summed E-state index contributed by atoms with van der Waals surface area (Å²) in [5, 5.41) is 15.0. The highest BCUT2D eigenvalue weighted by molar-refractivity contribution is 7.20. The molecule has 1 heterocycles. The molecular formula is C26H25F3N2O5S. The van der Waals surface area contributed by atoms with Crippen LogP contribution in [0.1, 0.15) is 51.3 Å². The zero-order valence-corrected chi connectivity index (χ0v) is 20.5. The van der Waals surface area contributed by atoms with Crippen molar-refractivity contribution in [3.63, 3.8) is 0 Å². The second-order valence-corrected chi connectivity index (χ2v) is 9.91. The Labute approximate surface area is 214 Å². The fourth-order valence-corrected chi connectivity index (χ4v) is 5.18. The van der Waals surface area contributed by atoms with Crippen molar-refractivity contribution in [1.82, 2.24) is 10.6 Å². The molecule has 0 aliphatic heterocycles. The summed E-state index contributed by atoms with van der Waals surface area (Å²) >= 11 is 0.974. The highest BCUT2D eigenvalue weighted by Crippen LogP contribution is 2.34. The Kier molecular flexibility index (Phi) is 8.01. The van der Waals surface area contributed by atoms with Crippen molar-refractivity contribution >= 4 is 39.2 Å². The second-order valence-electron chi connectivity index (χ2n) is 8.83. The van der Waals surface area contributed by atoms with Crippen LogP contribution >= 0.6 is 11.3 Å². The van der Waals surface area contributed by atoms with Gasteiger partial charge in [0.2, 0.25) is 0 Å². The van der Waals surface area contributed by atoms with Crippen LogP contribution in [0.2, 0.25) is 0 Å². The Bertz CT molecular complexity index is 1280. The number of hydrogen-bond acceptors (Lipinski definition) is 5. The average Bonchev–Trinajstić information content (AvgIpc) is 3.30. The Balaban J connectivity index is 1.21. The highest BCUT2D eigenvalue weighted by Gasteiger charge is 2.31. The standard InChI is InChI=1S/C26H25F3N2O5S/c27-26(28,29)18-6-1-17-13-22(37-21(17)14-18)24(33)31-12-11-30-23(32)15-2-7-19(8-3-15)36-20-9-4-16(5-10-20)25(34)35/h1-3,6-8,13-14,16,20H,4-5,9-12H2,(H,30,32)(H,31,33)(H,34,35)/t16-,20+. The molecule has 1 saturated carbocycles. The van der Waals surface area contributed by atoms with E-state index in [4.69, 9.17) is 9.84 Å². The predicted molar refractivity (Wildman–Crippen MR) is 132 cm³/mol. The number of carbonyl (C=O) groups excluding carboxylic acids is 2. The molecule has 11 heteroatoms. The van der Waals surface area contributed by atoms with E-state index < -0.39 is 23.6 Å². The number of carbonyl (C=O) groups is 3. The molecule has 1 aliphatic carbocycles. The van der Waals surface area contributed by atoms with E-state index in [-0.39, 0.29) is 35.9 Å². The van der Waals surface area contributed by atoms with Crippen molar-refractivity contribution in [1.29, 1.82) is 0 Å². The zero-order valence-electron chi connectivity index (χ0n) is 19.6. The number of fused-ring (bicyclic) bond motifs is 1. The van der Waals surface area contributed by atoms with Crippen molar-refractivity contribution in [3.8, 4) is 5.75 Å². The highest BCUT2D eigenvalue weighted by atomic mass is 32.1. The van der Waals surface area contributed by atoms with Gasteiger partial charge in [-0.05, 0) is 73.5 Å². The molecule has 37 heavy (non-hydrogen) atoms. The van der Waals surface area contributed by atoms with E-state index in [9.17, 15) is 27.6 Å². The molecule has 0 unspecified atom stereocenters. The first-order valence-electron chi connectivity index (χ1n) is 11.8. The molecule has 7 nitrogen and oxygen atoms in total. The van der Waals surface area contributed by atoms with Crippen LogP contribution in [0.3, 0.4) is 0 Å². The summed E-state index contributed by atoms with van der Waals surface area (Å²) in [6, 6.07) is 11.5. The molecule has 3 N–H and O–H groups in total. The number of hydrogen-bond donors (Lipinski definition) is 3. The minimum Gasteiger partial charge on any atom is -0.490 e. The maximum atomic E-state index is 12.9. The lowest BCUT2D eigenvalue weighted by Gasteiger charge is -2.26. The number of rotatable bonds is 8. The van der Waals surface area contributed by atoms with Crippen molar-refractivity contribution < 1.29 is 37.4 Å². The monoisotopic (exact) mass is 534 g/mol. The van der Waals surface area contributed by atoms with Gasteiger partial charge in [0.15, 0.2) is 0 Å². The lowest BCUT2D eigenvalue weighted by molar-refractivity contribution is -0.143. The summed E-state index contributed by atoms with van der Waals surface area (Å²) in [5.74, 6) is -1.23. The van der Waals surface area contributed by atoms with Crippen LogP contribution in [-0.2, 0) is 11.0 Å². The third-order valence-corrected chi connectivity index (χ3v) is 7.31. The molecule has 1 aromatic heterocycles. The van der Waals surface area contributed by atoms with E-state index in [1.165, 1.54) is 12.1 Å². The Hall–Kier alpha value is -3.60. The lowest BCUT2D eigenvalue weighted by atomic mass is 9.87. The molecular weight excluding hydrogens is 509 g/mol. The first kappa shape index (κ1) is 26.5. The molecule has 0 spiro atoms. The number of ether oxygens (including phenoxy) is 1.